The van der Waals surface area contributed by atoms with Crippen molar-refractivity contribution in [1.82, 2.24) is 10.3 Å². The van der Waals surface area contributed by atoms with Crippen molar-refractivity contribution in [2.75, 3.05) is 11.9 Å². The number of carbonyl (C=O) groups excluding carboxylic acids is 2. The van der Waals surface area contributed by atoms with Gasteiger partial charge in [0.15, 0.2) is 11.5 Å². The Labute approximate surface area is 156 Å². The molecule has 1 aromatic heterocycles. The Morgan fingerprint density at radius 1 is 1.07 bits per heavy atom. The number of oxazole rings is 1. The molecule has 2 N–H and O–H groups in total. The molecule has 2 amide bonds. The monoisotopic (exact) mass is 361 g/mol. The fraction of sp³-hybridized carbons (Fsp3) is 0.0952. The number of nitrogens with zero attached hydrogens (tertiary/aromatic N) is 1. The van der Waals surface area contributed by atoms with Crippen LogP contribution >= 0.6 is 0 Å². The first-order valence-corrected chi connectivity index (χ1v) is 8.42. The van der Waals surface area contributed by atoms with E-state index < -0.39 is 0 Å². The number of benzene rings is 2. The number of nitrogens with one attached hydrogen (secondary N) is 2. The van der Waals surface area contributed by atoms with Gasteiger partial charge >= 0.3 is 0 Å². The summed E-state index contributed by atoms with van der Waals surface area (Å²) in [4.78, 5) is 28.1. The lowest BCUT2D eigenvalue weighted by atomic mass is 10.1. The molecule has 0 spiro atoms. The quantitative estimate of drug-likeness (QED) is 0.653. The third kappa shape index (κ3) is 4.30. The van der Waals surface area contributed by atoms with Crippen molar-refractivity contribution in [1.29, 1.82) is 0 Å². The Morgan fingerprint density at radius 2 is 1.78 bits per heavy atom. The zero-order chi connectivity index (χ0) is 19.2. The molecular weight excluding hydrogens is 342 g/mol. The van der Waals surface area contributed by atoms with E-state index in [4.69, 9.17) is 4.42 Å². The van der Waals surface area contributed by atoms with Gasteiger partial charge in [-0.15, -0.1) is 6.58 Å². The number of anilines is 1. The zero-order valence-corrected chi connectivity index (χ0v) is 14.9. The molecule has 0 radical (unpaired) electrons. The second-order valence-corrected chi connectivity index (χ2v) is 5.82. The van der Waals surface area contributed by atoms with Gasteiger partial charge in [0.2, 0.25) is 11.8 Å². The third-order valence-electron chi connectivity index (χ3n) is 3.74. The molecule has 0 saturated carbocycles. The zero-order valence-electron chi connectivity index (χ0n) is 14.9. The minimum Gasteiger partial charge on any atom is -0.435 e. The first-order valence-electron chi connectivity index (χ1n) is 8.42. The summed E-state index contributed by atoms with van der Waals surface area (Å²) in [5, 5.41) is 5.43. The van der Waals surface area contributed by atoms with Gasteiger partial charge in [0.05, 0.1) is 0 Å². The van der Waals surface area contributed by atoms with E-state index in [0.717, 1.165) is 5.56 Å². The van der Waals surface area contributed by atoms with Crippen LogP contribution in [0.15, 0.2) is 71.7 Å². The average Bonchev–Trinajstić information content (AvgIpc) is 3.12. The summed E-state index contributed by atoms with van der Waals surface area (Å²) in [5.41, 5.74) is 2.31. The van der Waals surface area contributed by atoms with Gasteiger partial charge in [-0.25, -0.2) is 4.98 Å². The topological polar surface area (TPSA) is 84.2 Å². The first kappa shape index (κ1) is 18.1. The van der Waals surface area contributed by atoms with Gasteiger partial charge in [0.1, 0.15) is 0 Å². The second kappa shape index (κ2) is 8.14. The summed E-state index contributed by atoms with van der Waals surface area (Å²) in [6.45, 7) is 5.37. The van der Waals surface area contributed by atoms with Crippen LogP contribution in [0.3, 0.4) is 0 Å². The van der Waals surface area contributed by atoms with E-state index in [9.17, 15) is 9.59 Å². The molecule has 0 atom stereocenters. The fourth-order valence-electron chi connectivity index (χ4n) is 2.53. The molecule has 0 aliphatic heterocycles. The lowest BCUT2D eigenvalue weighted by Crippen LogP contribution is -2.24. The van der Waals surface area contributed by atoms with Crippen molar-refractivity contribution in [3.05, 3.63) is 72.9 Å². The van der Waals surface area contributed by atoms with Gasteiger partial charge in [-0.1, -0.05) is 24.3 Å². The summed E-state index contributed by atoms with van der Waals surface area (Å²) in [6, 6.07) is 16.4. The molecule has 136 valence electrons. The highest BCUT2D eigenvalue weighted by atomic mass is 16.4. The van der Waals surface area contributed by atoms with E-state index in [-0.39, 0.29) is 17.5 Å². The Hall–Kier alpha value is -3.67. The van der Waals surface area contributed by atoms with Crippen LogP contribution in [0.2, 0.25) is 0 Å². The second-order valence-electron chi connectivity index (χ2n) is 5.82. The van der Waals surface area contributed by atoms with Crippen LogP contribution in [-0.4, -0.2) is 23.3 Å². The van der Waals surface area contributed by atoms with Gasteiger partial charge < -0.3 is 15.1 Å². The lowest BCUT2D eigenvalue weighted by Gasteiger charge is -2.04. The molecule has 2 aromatic carbocycles. The number of rotatable bonds is 6. The first-order chi connectivity index (χ1) is 13.1. The maximum Gasteiger partial charge on any atom is 0.274 e. The molecule has 6 nitrogen and oxygen atoms in total. The predicted molar refractivity (Wildman–Crippen MR) is 104 cm³/mol. The van der Waals surface area contributed by atoms with Gasteiger partial charge in [0.25, 0.3) is 5.91 Å². The molecule has 0 unspecified atom stereocenters. The van der Waals surface area contributed by atoms with E-state index in [1.807, 2.05) is 30.3 Å². The largest absolute Gasteiger partial charge is 0.435 e. The minimum absolute atomic E-state index is 0.154. The van der Waals surface area contributed by atoms with Crippen molar-refractivity contribution in [3.63, 3.8) is 0 Å². The van der Waals surface area contributed by atoms with Crippen molar-refractivity contribution in [2.45, 2.75) is 6.92 Å². The minimum atomic E-state index is -0.346. The highest BCUT2D eigenvalue weighted by Gasteiger charge is 2.22. The molecule has 27 heavy (non-hydrogen) atoms. The van der Waals surface area contributed by atoms with Gasteiger partial charge in [-0.3, -0.25) is 9.59 Å². The maximum absolute atomic E-state index is 12.5. The Morgan fingerprint density at radius 3 is 2.41 bits per heavy atom. The smallest absolute Gasteiger partial charge is 0.274 e. The average molecular weight is 361 g/mol. The summed E-state index contributed by atoms with van der Waals surface area (Å²) in [5.74, 6) is 0.227. The van der Waals surface area contributed by atoms with E-state index in [1.54, 1.807) is 30.3 Å². The number of aromatic nitrogens is 1. The third-order valence-corrected chi connectivity index (χ3v) is 3.74. The molecule has 0 aliphatic carbocycles. The van der Waals surface area contributed by atoms with E-state index >= 15 is 0 Å². The predicted octanol–water partition coefficient (Wildman–Crippen LogP) is 3.88. The van der Waals surface area contributed by atoms with E-state index in [2.05, 4.69) is 22.2 Å². The fourth-order valence-corrected chi connectivity index (χ4v) is 2.53. The summed E-state index contributed by atoms with van der Waals surface area (Å²) < 4.78 is 5.92. The molecule has 1 heterocycles. The van der Waals surface area contributed by atoms with Crippen molar-refractivity contribution < 1.29 is 14.0 Å². The molecular formula is C21H19N3O3. The Bertz CT molecular complexity index is 960. The summed E-state index contributed by atoms with van der Waals surface area (Å²) >= 11 is 0. The molecule has 0 bridgehead atoms. The van der Waals surface area contributed by atoms with Crippen LogP contribution in [-0.2, 0) is 4.79 Å². The SMILES string of the molecule is C=CCNC(=O)c1nc(-c2ccccc2)oc1-c1ccc(NC(C)=O)cc1. The van der Waals surface area contributed by atoms with Crippen LogP contribution in [0.1, 0.15) is 17.4 Å². The van der Waals surface area contributed by atoms with Crippen LogP contribution in [0, 0.1) is 0 Å². The Kier molecular flexibility index (Phi) is 5.47. The number of carbonyl (C=O) groups is 2. The summed E-state index contributed by atoms with van der Waals surface area (Å²) in [7, 11) is 0. The number of amides is 2. The van der Waals surface area contributed by atoms with Crippen molar-refractivity contribution in [2.24, 2.45) is 0 Å². The highest BCUT2D eigenvalue weighted by molar-refractivity contribution is 5.98. The molecule has 6 heteroatoms. The summed E-state index contributed by atoms with van der Waals surface area (Å²) in [6.07, 6.45) is 1.60. The molecule has 3 aromatic rings. The molecule has 0 aliphatic rings. The van der Waals surface area contributed by atoms with Gasteiger partial charge in [-0.2, -0.15) is 0 Å². The number of hydrogen-bond donors (Lipinski definition) is 2. The maximum atomic E-state index is 12.5. The normalized spacial score (nSPS) is 10.3. The lowest BCUT2D eigenvalue weighted by molar-refractivity contribution is -0.114. The van der Waals surface area contributed by atoms with Crippen LogP contribution < -0.4 is 10.6 Å². The van der Waals surface area contributed by atoms with Crippen molar-refractivity contribution >= 4 is 17.5 Å². The highest BCUT2D eigenvalue weighted by Crippen LogP contribution is 2.30. The van der Waals surface area contributed by atoms with Gasteiger partial charge in [0, 0.05) is 30.3 Å². The van der Waals surface area contributed by atoms with Crippen LogP contribution in [0.4, 0.5) is 5.69 Å². The standard InChI is InChI=1S/C21H19N3O3/c1-3-13-22-20(26)18-19(15-9-11-17(12-10-15)23-14(2)25)27-21(24-18)16-7-5-4-6-8-16/h3-12H,1,13H2,2H3,(H,22,26)(H,23,25). The van der Waals surface area contributed by atoms with E-state index in [0.29, 0.717) is 29.4 Å². The molecule has 0 saturated heterocycles. The van der Waals surface area contributed by atoms with E-state index in [1.165, 1.54) is 6.92 Å². The number of hydrogen-bond acceptors (Lipinski definition) is 4. The van der Waals surface area contributed by atoms with Crippen molar-refractivity contribution in [3.8, 4) is 22.8 Å². The van der Waals surface area contributed by atoms with Gasteiger partial charge in [-0.05, 0) is 36.4 Å². The van der Waals surface area contributed by atoms with Crippen LogP contribution in [0.25, 0.3) is 22.8 Å². The molecule has 3 rings (SSSR count). The van der Waals surface area contributed by atoms with Crippen LogP contribution in [0.5, 0.6) is 0 Å². The Balaban J connectivity index is 2.01. The molecule has 0 fully saturated rings.